The van der Waals surface area contributed by atoms with Gasteiger partial charge in [-0.3, -0.25) is 4.79 Å². The van der Waals surface area contributed by atoms with Crippen molar-refractivity contribution >= 4 is 5.78 Å². The molecule has 0 aliphatic heterocycles. The van der Waals surface area contributed by atoms with Crippen molar-refractivity contribution in [1.29, 1.82) is 0 Å². The van der Waals surface area contributed by atoms with Crippen LogP contribution in [0.15, 0.2) is 24.3 Å². The number of carbonyl (C=O) groups excluding carboxylic acids is 1. The van der Waals surface area contributed by atoms with E-state index in [4.69, 9.17) is 0 Å². The molecule has 88 valence electrons. The minimum Gasteiger partial charge on any atom is -0.319 e. The van der Waals surface area contributed by atoms with Gasteiger partial charge in [0.05, 0.1) is 0 Å². The molecule has 1 aromatic rings. The Morgan fingerprint density at radius 2 is 1.94 bits per heavy atom. The van der Waals surface area contributed by atoms with Gasteiger partial charge in [-0.2, -0.15) is 0 Å². The zero-order valence-electron chi connectivity index (χ0n) is 10.6. The molecular formula is C14H21NO. The van der Waals surface area contributed by atoms with Crippen molar-refractivity contribution in [2.45, 2.75) is 20.8 Å². The van der Waals surface area contributed by atoms with E-state index in [-0.39, 0.29) is 11.7 Å². The predicted molar refractivity (Wildman–Crippen MR) is 67.8 cm³/mol. The first-order valence-electron chi connectivity index (χ1n) is 5.82. The Labute approximate surface area is 98.1 Å². The molecule has 1 unspecified atom stereocenters. The van der Waals surface area contributed by atoms with Gasteiger partial charge in [0.2, 0.25) is 0 Å². The fraction of sp³-hybridized carbons (Fsp3) is 0.500. The van der Waals surface area contributed by atoms with Gasteiger partial charge in [0.15, 0.2) is 5.78 Å². The van der Waals surface area contributed by atoms with Crippen LogP contribution in [0.1, 0.15) is 29.8 Å². The highest BCUT2D eigenvalue weighted by Crippen LogP contribution is 2.19. The number of hydrogen-bond acceptors (Lipinski definition) is 2. The summed E-state index contributed by atoms with van der Waals surface area (Å²) in [5.41, 5.74) is 1.92. The third kappa shape index (κ3) is 2.92. The van der Waals surface area contributed by atoms with E-state index in [9.17, 15) is 4.79 Å². The number of rotatable bonds is 5. The smallest absolute Gasteiger partial charge is 0.167 e. The number of nitrogens with one attached hydrogen (secondary N) is 1. The number of carbonyl (C=O) groups is 1. The van der Waals surface area contributed by atoms with Crippen LogP contribution in [0.4, 0.5) is 0 Å². The van der Waals surface area contributed by atoms with Crippen LogP contribution in [0.3, 0.4) is 0 Å². The number of hydrogen-bond donors (Lipinski definition) is 1. The van der Waals surface area contributed by atoms with Gasteiger partial charge in [-0.1, -0.05) is 38.1 Å². The van der Waals surface area contributed by atoms with Gasteiger partial charge in [0, 0.05) is 18.0 Å². The minimum atomic E-state index is 0.0612. The molecule has 0 radical (unpaired) electrons. The zero-order valence-corrected chi connectivity index (χ0v) is 10.6. The van der Waals surface area contributed by atoms with Gasteiger partial charge in [-0.15, -0.1) is 0 Å². The van der Waals surface area contributed by atoms with Crippen LogP contribution in [0.5, 0.6) is 0 Å². The van der Waals surface area contributed by atoms with E-state index in [0.29, 0.717) is 5.92 Å². The van der Waals surface area contributed by atoms with Crippen molar-refractivity contribution in [2.75, 3.05) is 13.6 Å². The molecule has 0 saturated heterocycles. The Bertz CT molecular complexity index is 358. The molecule has 0 saturated carbocycles. The Morgan fingerprint density at radius 3 is 2.44 bits per heavy atom. The minimum absolute atomic E-state index is 0.0612. The summed E-state index contributed by atoms with van der Waals surface area (Å²) >= 11 is 0. The number of Topliss-reactive ketones (excluding diaryl/α,β-unsaturated/α-hetero) is 1. The van der Waals surface area contributed by atoms with Crippen LogP contribution in [0.25, 0.3) is 0 Å². The SMILES string of the molecule is CNCC(C(=O)c1ccccc1C)C(C)C. The molecular weight excluding hydrogens is 198 g/mol. The van der Waals surface area contributed by atoms with E-state index in [2.05, 4.69) is 19.2 Å². The van der Waals surface area contributed by atoms with Crippen molar-refractivity contribution < 1.29 is 4.79 Å². The van der Waals surface area contributed by atoms with Gasteiger partial charge < -0.3 is 5.32 Å². The van der Waals surface area contributed by atoms with Crippen LogP contribution in [0.2, 0.25) is 0 Å². The summed E-state index contributed by atoms with van der Waals surface area (Å²) in [6, 6.07) is 7.80. The monoisotopic (exact) mass is 219 g/mol. The van der Waals surface area contributed by atoms with Crippen molar-refractivity contribution in [3.05, 3.63) is 35.4 Å². The highest BCUT2D eigenvalue weighted by molar-refractivity contribution is 5.99. The van der Waals surface area contributed by atoms with E-state index in [0.717, 1.165) is 17.7 Å². The highest BCUT2D eigenvalue weighted by Gasteiger charge is 2.23. The van der Waals surface area contributed by atoms with E-state index in [1.807, 2.05) is 38.2 Å². The van der Waals surface area contributed by atoms with Crippen LogP contribution in [-0.4, -0.2) is 19.4 Å². The first-order valence-corrected chi connectivity index (χ1v) is 5.82. The normalized spacial score (nSPS) is 12.8. The maximum Gasteiger partial charge on any atom is 0.167 e. The summed E-state index contributed by atoms with van der Waals surface area (Å²) in [5.74, 6) is 0.674. The van der Waals surface area contributed by atoms with Gasteiger partial charge in [0.1, 0.15) is 0 Å². The fourth-order valence-corrected chi connectivity index (χ4v) is 1.90. The van der Waals surface area contributed by atoms with Gasteiger partial charge in [-0.25, -0.2) is 0 Å². The largest absolute Gasteiger partial charge is 0.319 e. The van der Waals surface area contributed by atoms with Crippen LogP contribution >= 0.6 is 0 Å². The molecule has 2 nitrogen and oxygen atoms in total. The third-order valence-electron chi connectivity index (χ3n) is 2.98. The molecule has 0 fully saturated rings. The van der Waals surface area contributed by atoms with Crippen LogP contribution < -0.4 is 5.32 Å². The van der Waals surface area contributed by atoms with Gasteiger partial charge >= 0.3 is 0 Å². The van der Waals surface area contributed by atoms with E-state index < -0.39 is 0 Å². The lowest BCUT2D eigenvalue weighted by Crippen LogP contribution is -2.30. The zero-order chi connectivity index (χ0) is 12.1. The lowest BCUT2D eigenvalue weighted by Gasteiger charge is -2.20. The second-order valence-electron chi connectivity index (χ2n) is 4.59. The summed E-state index contributed by atoms with van der Waals surface area (Å²) in [6.45, 7) is 6.92. The molecule has 0 bridgehead atoms. The van der Waals surface area contributed by atoms with Gasteiger partial charge in [-0.05, 0) is 25.5 Å². The summed E-state index contributed by atoms with van der Waals surface area (Å²) in [7, 11) is 1.89. The lowest BCUT2D eigenvalue weighted by molar-refractivity contribution is 0.0885. The molecule has 1 aromatic carbocycles. The molecule has 0 heterocycles. The van der Waals surface area contributed by atoms with Crippen molar-refractivity contribution in [3.63, 3.8) is 0 Å². The Hall–Kier alpha value is -1.15. The fourth-order valence-electron chi connectivity index (χ4n) is 1.90. The second kappa shape index (κ2) is 5.80. The van der Waals surface area contributed by atoms with Crippen LogP contribution in [0, 0.1) is 18.8 Å². The standard InChI is InChI=1S/C14H21NO/c1-10(2)13(9-15-4)14(16)12-8-6-5-7-11(12)3/h5-8,10,13,15H,9H2,1-4H3. The van der Waals surface area contributed by atoms with Crippen molar-refractivity contribution in [2.24, 2.45) is 11.8 Å². The molecule has 0 spiro atoms. The summed E-state index contributed by atoms with van der Waals surface area (Å²) in [4.78, 5) is 12.4. The molecule has 1 rings (SSSR count). The van der Waals surface area contributed by atoms with E-state index in [1.54, 1.807) is 0 Å². The van der Waals surface area contributed by atoms with E-state index in [1.165, 1.54) is 0 Å². The first-order chi connectivity index (χ1) is 7.57. The summed E-state index contributed by atoms with van der Waals surface area (Å²) in [5, 5.41) is 3.10. The van der Waals surface area contributed by atoms with E-state index >= 15 is 0 Å². The van der Waals surface area contributed by atoms with Crippen LogP contribution in [-0.2, 0) is 0 Å². The maximum atomic E-state index is 12.4. The Balaban J connectivity index is 2.95. The molecule has 0 aliphatic carbocycles. The first kappa shape index (κ1) is 12.9. The highest BCUT2D eigenvalue weighted by atomic mass is 16.1. The average Bonchev–Trinajstić information content (AvgIpc) is 2.25. The molecule has 0 aliphatic rings. The lowest BCUT2D eigenvalue weighted by atomic mass is 9.86. The predicted octanol–water partition coefficient (Wildman–Crippen LogP) is 2.67. The number of aryl methyl sites for hydroxylation is 1. The summed E-state index contributed by atoms with van der Waals surface area (Å²) < 4.78 is 0. The summed E-state index contributed by atoms with van der Waals surface area (Å²) in [6.07, 6.45) is 0. The number of ketones is 1. The Morgan fingerprint density at radius 1 is 1.31 bits per heavy atom. The molecule has 1 atom stereocenters. The topological polar surface area (TPSA) is 29.1 Å². The Kier molecular flexibility index (Phi) is 4.69. The molecule has 1 N–H and O–H groups in total. The molecule has 2 heteroatoms. The van der Waals surface area contributed by atoms with Crippen molar-refractivity contribution in [1.82, 2.24) is 5.32 Å². The molecule has 16 heavy (non-hydrogen) atoms. The van der Waals surface area contributed by atoms with Crippen molar-refractivity contribution in [3.8, 4) is 0 Å². The van der Waals surface area contributed by atoms with Gasteiger partial charge in [0.25, 0.3) is 0 Å². The second-order valence-corrected chi connectivity index (χ2v) is 4.59. The quantitative estimate of drug-likeness (QED) is 0.771. The molecule has 0 aromatic heterocycles. The number of benzene rings is 1. The molecule has 0 amide bonds. The third-order valence-corrected chi connectivity index (χ3v) is 2.98. The average molecular weight is 219 g/mol. The maximum absolute atomic E-state index is 12.4.